The first-order valence-corrected chi connectivity index (χ1v) is 7.91. The van der Waals surface area contributed by atoms with Gasteiger partial charge in [0.25, 0.3) is 0 Å². The smallest absolute Gasteiger partial charge is 0.314 e. The van der Waals surface area contributed by atoms with Crippen LogP contribution in [0.5, 0.6) is 0 Å². The Balaban J connectivity index is 1.80. The molecule has 0 aromatic carbocycles. The summed E-state index contributed by atoms with van der Waals surface area (Å²) in [5.74, 6) is -1.70. The molecule has 3 fully saturated rings. The van der Waals surface area contributed by atoms with Gasteiger partial charge in [0.2, 0.25) is 11.8 Å². The van der Waals surface area contributed by atoms with Crippen LogP contribution in [0, 0.1) is 17.3 Å². The predicted molar refractivity (Wildman–Crippen MR) is 78.9 cm³/mol. The van der Waals surface area contributed by atoms with Crippen LogP contribution in [0.15, 0.2) is 12.7 Å². The largest absolute Gasteiger partial charge is 0.481 e. The first-order chi connectivity index (χ1) is 10.5. The molecule has 2 saturated heterocycles. The second-order valence-electron chi connectivity index (χ2n) is 6.72. The summed E-state index contributed by atoms with van der Waals surface area (Å²) in [4.78, 5) is 40.0. The highest BCUT2D eigenvalue weighted by Gasteiger charge is 2.62. The van der Waals surface area contributed by atoms with E-state index in [1.807, 2.05) is 0 Å². The molecule has 2 atom stereocenters. The molecule has 0 bridgehead atoms. The van der Waals surface area contributed by atoms with Gasteiger partial charge in [-0.15, -0.1) is 6.58 Å². The lowest BCUT2D eigenvalue weighted by atomic mass is 9.81. The molecule has 22 heavy (non-hydrogen) atoms. The fourth-order valence-electron chi connectivity index (χ4n) is 4.22. The van der Waals surface area contributed by atoms with E-state index >= 15 is 0 Å². The van der Waals surface area contributed by atoms with Gasteiger partial charge in [-0.1, -0.05) is 18.9 Å². The molecular formula is C16H22N2O4. The molecule has 0 radical (unpaired) electrons. The van der Waals surface area contributed by atoms with E-state index in [0.29, 0.717) is 6.54 Å². The third-order valence-corrected chi connectivity index (χ3v) is 5.42. The van der Waals surface area contributed by atoms with Crippen LogP contribution in [0.4, 0.5) is 0 Å². The minimum Gasteiger partial charge on any atom is -0.481 e. The van der Waals surface area contributed by atoms with E-state index in [1.165, 1.54) is 0 Å². The molecule has 2 aliphatic heterocycles. The molecule has 6 nitrogen and oxygen atoms in total. The van der Waals surface area contributed by atoms with E-state index in [0.717, 1.165) is 25.7 Å². The molecule has 2 heterocycles. The highest BCUT2D eigenvalue weighted by molar-refractivity contribution is 5.94. The molecular weight excluding hydrogens is 284 g/mol. The van der Waals surface area contributed by atoms with Gasteiger partial charge in [0, 0.05) is 32.1 Å². The summed E-state index contributed by atoms with van der Waals surface area (Å²) in [5, 5.41) is 9.70. The fraction of sp³-hybridized carbons (Fsp3) is 0.688. The zero-order chi connectivity index (χ0) is 15.9. The van der Waals surface area contributed by atoms with Crippen LogP contribution in [-0.2, 0) is 14.4 Å². The highest BCUT2D eigenvalue weighted by atomic mass is 16.4. The Morgan fingerprint density at radius 1 is 1.32 bits per heavy atom. The van der Waals surface area contributed by atoms with Gasteiger partial charge in [-0.2, -0.15) is 0 Å². The summed E-state index contributed by atoms with van der Waals surface area (Å²) in [7, 11) is 0. The van der Waals surface area contributed by atoms with Crippen molar-refractivity contribution in [2.45, 2.75) is 25.7 Å². The number of rotatable bonds is 4. The van der Waals surface area contributed by atoms with Crippen molar-refractivity contribution in [1.29, 1.82) is 0 Å². The number of hydrogen-bond acceptors (Lipinski definition) is 3. The van der Waals surface area contributed by atoms with Crippen LogP contribution in [0.3, 0.4) is 0 Å². The number of aliphatic carboxylic acids is 1. The Hall–Kier alpha value is -1.85. The average molecular weight is 306 g/mol. The molecule has 0 aromatic rings. The van der Waals surface area contributed by atoms with Crippen molar-refractivity contribution >= 4 is 17.8 Å². The van der Waals surface area contributed by atoms with Crippen molar-refractivity contribution < 1.29 is 19.5 Å². The van der Waals surface area contributed by atoms with Crippen molar-refractivity contribution in [2.75, 3.05) is 26.2 Å². The Kier molecular flexibility index (Phi) is 3.70. The number of carbonyl (C=O) groups is 3. The lowest BCUT2D eigenvalue weighted by Crippen LogP contribution is -2.43. The molecule has 1 N–H and O–H groups in total. The summed E-state index contributed by atoms with van der Waals surface area (Å²) in [5.41, 5.74) is -1.14. The van der Waals surface area contributed by atoms with Crippen LogP contribution in [0.2, 0.25) is 0 Å². The highest BCUT2D eigenvalue weighted by Crippen LogP contribution is 2.44. The Morgan fingerprint density at radius 3 is 2.55 bits per heavy atom. The molecule has 6 heteroatoms. The summed E-state index contributed by atoms with van der Waals surface area (Å²) in [6.07, 6.45) is 5.50. The van der Waals surface area contributed by atoms with E-state index in [2.05, 4.69) is 6.58 Å². The van der Waals surface area contributed by atoms with E-state index in [1.54, 1.807) is 15.9 Å². The quantitative estimate of drug-likeness (QED) is 0.777. The maximum absolute atomic E-state index is 12.5. The second kappa shape index (κ2) is 5.41. The number of carboxylic acid groups (broad SMARTS) is 1. The van der Waals surface area contributed by atoms with Crippen LogP contribution < -0.4 is 0 Å². The second-order valence-corrected chi connectivity index (χ2v) is 6.72. The third kappa shape index (κ3) is 2.12. The third-order valence-electron chi connectivity index (χ3n) is 5.42. The van der Waals surface area contributed by atoms with Crippen LogP contribution >= 0.6 is 0 Å². The normalized spacial score (nSPS) is 31.6. The summed E-state index contributed by atoms with van der Waals surface area (Å²) < 4.78 is 0. The number of carboxylic acids is 1. The van der Waals surface area contributed by atoms with Crippen molar-refractivity contribution in [2.24, 2.45) is 17.3 Å². The van der Waals surface area contributed by atoms with E-state index in [9.17, 15) is 19.5 Å². The first-order valence-electron chi connectivity index (χ1n) is 7.91. The van der Waals surface area contributed by atoms with Crippen molar-refractivity contribution in [3.63, 3.8) is 0 Å². The van der Waals surface area contributed by atoms with Gasteiger partial charge >= 0.3 is 5.97 Å². The van der Waals surface area contributed by atoms with E-state index in [4.69, 9.17) is 0 Å². The minimum atomic E-state index is -1.14. The minimum absolute atomic E-state index is 0.0176. The molecule has 2 amide bonds. The molecule has 1 aliphatic carbocycles. The van der Waals surface area contributed by atoms with Gasteiger partial charge in [-0.05, 0) is 12.8 Å². The van der Waals surface area contributed by atoms with Crippen molar-refractivity contribution in [3.8, 4) is 0 Å². The number of nitrogens with zero attached hydrogens (tertiary/aromatic N) is 2. The SMILES string of the molecule is C=CCN1C[C@]2(C(=O)O)CN(C(=O)C3CCCC3)C[C@@H]2C1=O. The standard InChI is InChI=1S/C16H22N2O4/c1-2-7-17-9-16(15(21)22)10-18(8-12(16)14(17)20)13(19)11-5-3-4-6-11/h2,11-12H,1,3-10H2,(H,21,22)/t12-,16+/m1/s1. The van der Waals surface area contributed by atoms with Crippen LogP contribution in [0.1, 0.15) is 25.7 Å². The van der Waals surface area contributed by atoms with E-state index in [-0.39, 0.29) is 37.4 Å². The first kappa shape index (κ1) is 15.1. The van der Waals surface area contributed by atoms with E-state index < -0.39 is 17.3 Å². The van der Waals surface area contributed by atoms with Gasteiger partial charge in [0.15, 0.2) is 0 Å². The molecule has 3 rings (SSSR count). The Bertz CT molecular complexity index is 526. The predicted octanol–water partition coefficient (Wildman–Crippen LogP) is 0.734. The summed E-state index contributed by atoms with van der Waals surface area (Å²) in [6, 6.07) is 0. The van der Waals surface area contributed by atoms with Crippen molar-refractivity contribution in [3.05, 3.63) is 12.7 Å². The van der Waals surface area contributed by atoms with Crippen LogP contribution in [-0.4, -0.2) is 58.9 Å². The number of fused-ring (bicyclic) bond motifs is 1. The maximum Gasteiger partial charge on any atom is 0.314 e. The lowest BCUT2D eigenvalue weighted by molar-refractivity contribution is -0.150. The Morgan fingerprint density at radius 2 is 2.00 bits per heavy atom. The monoisotopic (exact) mass is 306 g/mol. The van der Waals surface area contributed by atoms with Gasteiger partial charge in [0.05, 0.1) is 5.92 Å². The zero-order valence-electron chi connectivity index (χ0n) is 12.7. The molecule has 0 unspecified atom stereocenters. The molecule has 0 aromatic heterocycles. The van der Waals surface area contributed by atoms with Gasteiger partial charge < -0.3 is 14.9 Å². The molecule has 3 aliphatic rings. The number of amides is 2. The maximum atomic E-state index is 12.5. The molecule has 0 spiro atoms. The molecule has 1 saturated carbocycles. The number of likely N-dealkylation sites (tertiary alicyclic amines) is 2. The summed E-state index contributed by atoms with van der Waals surface area (Å²) in [6.45, 7) is 4.54. The summed E-state index contributed by atoms with van der Waals surface area (Å²) >= 11 is 0. The van der Waals surface area contributed by atoms with Gasteiger partial charge in [-0.3, -0.25) is 14.4 Å². The lowest BCUT2D eigenvalue weighted by Gasteiger charge is -2.26. The number of carbonyl (C=O) groups excluding carboxylic acids is 2. The zero-order valence-corrected chi connectivity index (χ0v) is 12.7. The fourth-order valence-corrected chi connectivity index (χ4v) is 4.22. The van der Waals surface area contributed by atoms with Gasteiger partial charge in [0.1, 0.15) is 5.41 Å². The molecule has 120 valence electrons. The Labute approximate surface area is 129 Å². The van der Waals surface area contributed by atoms with Crippen molar-refractivity contribution in [1.82, 2.24) is 9.80 Å². The number of hydrogen-bond donors (Lipinski definition) is 1. The average Bonchev–Trinajstić information content (AvgIpc) is 3.17. The van der Waals surface area contributed by atoms with Gasteiger partial charge in [-0.25, -0.2) is 0 Å². The topological polar surface area (TPSA) is 77.9 Å². The van der Waals surface area contributed by atoms with Crippen LogP contribution in [0.25, 0.3) is 0 Å².